The molecule has 0 bridgehead atoms. The molecule has 1 atom stereocenters. The predicted octanol–water partition coefficient (Wildman–Crippen LogP) is 1.83. The molecule has 2 aliphatic heterocycles. The van der Waals surface area contributed by atoms with E-state index in [4.69, 9.17) is 14.0 Å². The van der Waals surface area contributed by atoms with Crippen molar-refractivity contribution < 1.29 is 14.0 Å². The summed E-state index contributed by atoms with van der Waals surface area (Å²) in [6.07, 6.45) is 2.92. The van der Waals surface area contributed by atoms with Crippen LogP contribution in [0.1, 0.15) is 27.2 Å². The third kappa shape index (κ3) is 2.11. The number of rotatable bonds is 1. The van der Waals surface area contributed by atoms with Crippen molar-refractivity contribution in [2.24, 2.45) is 0 Å². The number of hydrogen-bond donors (Lipinski definition) is 1. The first-order chi connectivity index (χ1) is 6.92. The molecule has 0 amide bonds. The van der Waals surface area contributed by atoms with Gasteiger partial charge < -0.3 is 14.0 Å². The molecule has 2 heterocycles. The Morgan fingerprint density at radius 3 is 2.53 bits per heavy atom. The molecule has 0 aromatic carbocycles. The van der Waals surface area contributed by atoms with Crippen molar-refractivity contribution in [3.05, 3.63) is 11.5 Å². The average molecular weight is 228 g/mol. The van der Waals surface area contributed by atoms with Crippen LogP contribution in [-0.2, 0) is 14.0 Å². The van der Waals surface area contributed by atoms with Gasteiger partial charge in [0, 0.05) is 0 Å². The van der Waals surface area contributed by atoms with Crippen LogP contribution in [0.4, 0.5) is 0 Å². The molecule has 0 spiro atoms. The van der Waals surface area contributed by atoms with Gasteiger partial charge in [0.1, 0.15) is 4.93 Å². The zero-order valence-corrected chi connectivity index (χ0v) is 10.3. The Balaban J connectivity index is 2.12. The summed E-state index contributed by atoms with van der Waals surface area (Å²) in [5, 5.41) is 0. The first-order valence-corrected chi connectivity index (χ1v) is 5.72. The fourth-order valence-electron chi connectivity index (χ4n) is 1.66. The summed E-state index contributed by atoms with van der Waals surface area (Å²) in [6, 6.07) is 0. The number of thiol groups is 1. The quantitative estimate of drug-likeness (QED) is 0.548. The van der Waals surface area contributed by atoms with E-state index < -0.39 is 4.93 Å². The molecule has 84 valence electrons. The molecule has 3 nitrogen and oxygen atoms in total. The molecule has 0 N–H and O–H groups in total. The Hall–Kier alpha value is 0.0349. The third-order valence-corrected chi connectivity index (χ3v) is 3.80. The second kappa shape index (κ2) is 3.80. The lowest BCUT2D eigenvalue weighted by Crippen LogP contribution is -2.39. The van der Waals surface area contributed by atoms with E-state index in [-0.39, 0.29) is 12.7 Å². The number of hydrogen-bond acceptors (Lipinski definition) is 4. The first-order valence-electron chi connectivity index (χ1n) is 5.27. The first kappa shape index (κ1) is 11.5. The van der Waals surface area contributed by atoms with Crippen molar-refractivity contribution in [3.8, 4) is 0 Å². The summed E-state index contributed by atoms with van der Waals surface area (Å²) >= 11 is 4.50. The highest BCUT2D eigenvalue weighted by atomic mass is 32.1. The fraction of sp³-hybridized carbons (Fsp3) is 0.800. The Labute approximate surface area is 96.7 Å². The summed E-state index contributed by atoms with van der Waals surface area (Å²) < 4.78 is 17.0. The van der Waals surface area contributed by atoms with Crippen LogP contribution >= 0.6 is 12.6 Å². The minimum Gasteiger partial charge on any atom is -0.399 e. The molecule has 0 aromatic heterocycles. The average Bonchev–Trinajstić information content (AvgIpc) is 2.38. The maximum Gasteiger partial charge on any atom is 0.491 e. The van der Waals surface area contributed by atoms with Gasteiger partial charge >= 0.3 is 7.12 Å². The molecule has 15 heavy (non-hydrogen) atoms. The van der Waals surface area contributed by atoms with Gasteiger partial charge in [-0.25, -0.2) is 0 Å². The molecule has 0 radical (unpaired) electrons. The summed E-state index contributed by atoms with van der Waals surface area (Å²) in [7, 11) is -0.258. The lowest BCUT2D eigenvalue weighted by atomic mass is 9.75. The second-order valence-electron chi connectivity index (χ2n) is 4.66. The van der Waals surface area contributed by atoms with Crippen molar-refractivity contribution in [1.29, 1.82) is 0 Å². The smallest absolute Gasteiger partial charge is 0.399 e. The normalized spacial score (nSPS) is 35.5. The topological polar surface area (TPSA) is 27.7 Å². The van der Waals surface area contributed by atoms with Crippen LogP contribution in [0, 0.1) is 0 Å². The van der Waals surface area contributed by atoms with Crippen LogP contribution in [0.15, 0.2) is 11.5 Å². The minimum atomic E-state index is -0.545. The summed E-state index contributed by atoms with van der Waals surface area (Å²) in [4.78, 5) is -0.545. The van der Waals surface area contributed by atoms with Gasteiger partial charge in [0.2, 0.25) is 0 Å². The van der Waals surface area contributed by atoms with Crippen LogP contribution in [0.2, 0.25) is 0 Å². The standard InChI is InChI=1S/C10H17BO3S/c1-9(2)10(3,15)14-11(13-9)8-4-6-12-7-5-8/h4,15H,5-7H2,1-3H3. The van der Waals surface area contributed by atoms with Crippen LogP contribution < -0.4 is 0 Å². The molecule has 1 unspecified atom stereocenters. The van der Waals surface area contributed by atoms with Gasteiger partial charge in [-0.05, 0) is 32.7 Å². The van der Waals surface area contributed by atoms with Crippen molar-refractivity contribution in [2.45, 2.75) is 37.7 Å². The maximum absolute atomic E-state index is 5.88. The van der Waals surface area contributed by atoms with Gasteiger partial charge in [0.15, 0.2) is 0 Å². The summed E-state index contributed by atoms with van der Waals surface area (Å²) in [5.74, 6) is 0. The zero-order chi connectivity index (χ0) is 11.1. The SMILES string of the molecule is CC1(C)OB(C2=CCOCC2)OC1(C)S. The lowest BCUT2D eigenvalue weighted by Gasteiger charge is -2.31. The molecular weight excluding hydrogens is 211 g/mol. The van der Waals surface area contributed by atoms with E-state index >= 15 is 0 Å². The molecular formula is C10H17BO3S. The van der Waals surface area contributed by atoms with E-state index in [1.807, 2.05) is 26.8 Å². The Morgan fingerprint density at radius 2 is 2.07 bits per heavy atom. The molecule has 0 aromatic rings. The maximum atomic E-state index is 5.88. The molecule has 1 fully saturated rings. The monoisotopic (exact) mass is 228 g/mol. The van der Waals surface area contributed by atoms with Gasteiger partial charge in [0.05, 0.1) is 18.8 Å². The Morgan fingerprint density at radius 1 is 1.33 bits per heavy atom. The van der Waals surface area contributed by atoms with E-state index in [1.54, 1.807) is 0 Å². The summed E-state index contributed by atoms with van der Waals surface area (Å²) in [6.45, 7) is 7.34. The van der Waals surface area contributed by atoms with Gasteiger partial charge in [-0.1, -0.05) is 6.08 Å². The minimum absolute atomic E-state index is 0.258. The van der Waals surface area contributed by atoms with Gasteiger partial charge in [-0.2, -0.15) is 0 Å². The second-order valence-corrected chi connectivity index (χ2v) is 5.52. The molecule has 5 heteroatoms. The largest absolute Gasteiger partial charge is 0.491 e. The summed E-state index contributed by atoms with van der Waals surface area (Å²) in [5.41, 5.74) is 0.798. The number of ether oxygens (including phenoxy) is 1. The Kier molecular flexibility index (Phi) is 2.92. The van der Waals surface area contributed by atoms with Gasteiger partial charge in [0.25, 0.3) is 0 Å². The lowest BCUT2D eigenvalue weighted by molar-refractivity contribution is 0.0618. The van der Waals surface area contributed by atoms with E-state index in [1.165, 1.54) is 5.47 Å². The highest BCUT2D eigenvalue weighted by Gasteiger charge is 2.53. The predicted molar refractivity (Wildman–Crippen MR) is 62.9 cm³/mol. The van der Waals surface area contributed by atoms with Crippen LogP contribution in [-0.4, -0.2) is 30.9 Å². The molecule has 2 aliphatic rings. The van der Waals surface area contributed by atoms with Crippen LogP contribution in [0.25, 0.3) is 0 Å². The third-order valence-electron chi connectivity index (χ3n) is 3.16. The highest BCUT2D eigenvalue weighted by molar-refractivity contribution is 7.81. The Bertz CT molecular complexity index is 272. The van der Waals surface area contributed by atoms with Crippen molar-refractivity contribution in [1.82, 2.24) is 0 Å². The van der Waals surface area contributed by atoms with Crippen molar-refractivity contribution in [2.75, 3.05) is 13.2 Å². The molecule has 0 saturated carbocycles. The fourth-order valence-corrected chi connectivity index (χ4v) is 1.81. The van der Waals surface area contributed by atoms with E-state index in [0.29, 0.717) is 6.61 Å². The van der Waals surface area contributed by atoms with E-state index in [2.05, 4.69) is 12.6 Å². The van der Waals surface area contributed by atoms with Gasteiger partial charge in [-0.3, -0.25) is 0 Å². The molecule has 1 saturated heterocycles. The van der Waals surface area contributed by atoms with E-state index in [0.717, 1.165) is 13.0 Å². The van der Waals surface area contributed by atoms with Crippen LogP contribution in [0.3, 0.4) is 0 Å². The van der Waals surface area contributed by atoms with Crippen LogP contribution in [0.5, 0.6) is 0 Å². The highest BCUT2D eigenvalue weighted by Crippen LogP contribution is 2.42. The van der Waals surface area contributed by atoms with E-state index in [9.17, 15) is 0 Å². The van der Waals surface area contributed by atoms with Crippen molar-refractivity contribution >= 4 is 19.7 Å². The molecule has 2 rings (SSSR count). The van der Waals surface area contributed by atoms with Gasteiger partial charge in [-0.15, -0.1) is 12.6 Å². The van der Waals surface area contributed by atoms with Crippen molar-refractivity contribution in [3.63, 3.8) is 0 Å². The zero-order valence-electron chi connectivity index (χ0n) is 9.45. The molecule has 0 aliphatic carbocycles.